The van der Waals surface area contributed by atoms with Crippen LogP contribution in [0.5, 0.6) is 0 Å². The molecule has 0 aliphatic rings. The third-order valence-corrected chi connectivity index (χ3v) is 7.49. The molecule has 0 radical (unpaired) electrons. The summed E-state index contributed by atoms with van der Waals surface area (Å²) in [6.07, 6.45) is 0. The van der Waals surface area contributed by atoms with Crippen molar-refractivity contribution >= 4 is 45.0 Å². The van der Waals surface area contributed by atoms with Gasteiger partial charge in [-0.2, -0.15) is 0 Å². The summed E-state index contributed by atoms with van der Waals surface area (Å²) in [5, 5.41) is -0.218. The number of hydrogen-bond acceptors (Lipinski definition) is 5. The number of carbonyl (C=O) groups excluding carboxylic acids is 2. The van der Waals surface area contributed by atoms with Crippen LogP contribution in [0.15, 0.2) is 53.4 Å². The minimum Gasteiger partial charge on any atom is -0.454 e. The number of rotatable bonds is 9. The number of nitrogens with zero attached hydrogens (tertiary/aromatic N) is 1. The molecule has 0 aliphatic carbocycles. The summed E-state index contributed by atoms with van der Waals surface area (Å²) in [7, 11) is -3.99. The first-order valence-corrected chi connectivity index (χ1v) is 13.1. The molecule has 1 aromatic heterocycles. The minimum absolute atomic E-state index is 0.0650. The van der Waals surface area contributed by atoms with Crippen molar-refractivity contribution in [2.24, 2.45) is 5.92 Å². The lowest BCUT2D eigenvalue weighted by atomic mass is 10.1. The van der Waals surface area contributed by atoms with E-state index in [0.29, 0.717) is 11.3 Å². The molecule has 1 N–H and O–H groups in total. The molecule has 0 fully saturated rings. The van der Waals surface area contributed by atoms with Crippen molar-refractivity contribution in [2.75, 3.05) is 13.2 Å². The van der Waals surface area contributed by atoms with Gasteiger partial charge in [-0.05, 0) is 50.1 Å². The monoisotopic (exact) mass is 536 g/mol. The van der Waals surface area contributed by atoms with Crippen LogP contribution in [0, 0.1) is 19.8 Å². The summed E-state index contributed by atoms with van der Waals surface area (Å²) in [6.45, 7) is 7.05. The average Bonchev–Trinajstić information content (AvgIpc) is 3.10. The number of Topliss-reactive ketones (excluding diaryl/α,β-unsaturated/α-hetero) is 1. The summed E-state index contributed by atoms with van der Waals surface area (Å²) in [6, 6.07) is 13.5. The Morgan fingerprint density at radius 3 is 2.29 bits per heavy atom. The summed E-state index contributed by atoms with van der Waals surface area (Å²) in [4.78, 5) is 25.3. The van der Waals surface area contributed by atoms with Crippen LogP contribution in [0.3, 0.4) is 0 Å². The first-order chi connectivity index (χ1) is 16.4. The molecule has 0 unspecified atom stereocenters. The van der Waals surface area contributed by atoms with Gasteiger partial charge in [0.15, 0.2) is 6.61 Å². The van der Waals surface area contributed by atoms with Gasteiger partial charge >= 0.3 is 5.97 Å². The number of esters is 1. The maximum absolute atomic E-state index is 12.9. The highest BCUT2D eigenvalue weighted by Gasteiger charge is 2.24. The molecule has 1 heterocycles. The summed E-state index contributed by atoms with van der Waals surface area (Å²) in [5.41, 5.74) is 2.69. The molecule has 0 amide bonds. The standard InChI is InChI=1S/C25H26Cl2N2O5S/c1-15(2)13-28-35(32,33)24-11-20(21(26)12-22(24)27)25(31)34-14-23(30)19-10-16(3)29(17(19)4)18-8-6-5-7-9-18/h5-12,15,28H,13-14H2,1-4H3. The zero-order valence-corrected chi connectivity index (χ0v) is 22.1. The van der Waals surface area contributed by atoms with Crippen molar-refractivity contribution in [1.82, 2.24) is 9.29 Å². The van der Waals surface area contributed by atoms with E-state index in [1.54, 1.807) is 6.07 Å². The van der Waals surface area contributed by atoms with Gasteiger partial charge in [0.1, 0.15) is 4.90 Å². The molecule has 0 aliphatic heterocycles. The first kappa shape index (κ1) is 26.9. The summed E-state index contributed by atoms with van der Waals surface area (Å²) < 4.78 is 34.8. The number of para-hydroxylation sites is 1. The van der Waals surface area contributed by atoms with Crippen molar-refractivity contribution in [3.8, 4) is 5.69 Å². The Hall–Kier alpha value is -2.65. The van der Waals surface area contributed by atoms with E-state index in [4.69, 9.17) is 27.9 Å². The van der Waals surface area contributed by atoms with Crippen molar-refractivity contribution < 1.29 is 22.7 Å². The van der Waals surface area contributed by atoms with E-state index in [1.165, 1.54) is 6.07 Å². The molecule has 0 saturated heterocycles. The second kappa shape index (κ2) is 11.0. The third-order valence-electron chi connectivity index (χ3n) is 5.29. The van der Waals surface area contributed by atoms with Crippen LogP contribution < -0.4 is 4.72 Å². The predicted molar refractivity (Wildman–Crippen MR) is 136 cm³/mol. The van der Waals surface area contributed by atoms with Gasteiger partial charge in [0.25, 0.3) is 0 Å². The Kier molecular flexibility index (Phi) is 8.43. The highest BCUT2D eigenvalue weighted by atomic mass is 35.5. The van der Waals surface area contributed by atoms with Crippen molar-refractivity contribution in [3.63, 3.8) is 0 Å². The van der Waals surface area contributed by atoms with Gasteiger partial charge in [-0.25, -0.2) is 17.9 Å². The molecule has 0 spiro atoms. The van der Waals surface area contributed by atoms with Crippen LogP contribution in [-0.2, 0) is 14.8 Å². The molecular formula is C25H26Cl2N2O5S. The lowest BCUT2D eigenvalue weighted by Crippen LogP contribution is -2.28. The fourth-order valence-corrected chi connectivity index (χ4v) is 5.61. The van der Waals surface area contributed by atoms with Crippen molar-refractivity contribution in [2.45, 2.75) is 32.6 Å². The topological polar surface area (TPSA) is 94.5 Å². The highest BCUT2D eigenvalue weighted by molar-refractivity contribution is 7.89. The quantitative estimate of drug-likeness (QED) is 0.292. The number of ether oxygens (including phenoxy) is 1. The number of hydrogen-bond donors (Lipinski definition) is 1. The number of aromatic nitrogens is 1. The Morgan fingerprint density at radius 1 is 1.00 bits per heavy atom. The van der Waals surface area contributed by atoms with Crippen LogP contribution in [0.25, 0.3) is 5.69 Å². The number of halogens is 2. The SMILES string of the molecule is Cc1cc(C(=O)COC(=O)c2cc(S(=O)(=O)NCC(C)C)c(Cl)cc2Cl)c(C)n1-c1ccccc1. The number of sulfonamides is 1. The second-order valence-electron chi connectivity index (χ2n) is 8.46. The van der Waals surface area contributed by atoms with E-state index in [1.807, 2.05) is 62.6 Å². The van der Waals surface area contributed by atoms with E-state index >= 15 is 0 Å². The van der Waals surface area contributed by atoms with Gasteiger partial charge in [0.05, 0.1) is 15.6 Å². The van der Waals surface area contributed by atoms with Gasteiger partial charge in [0.2, 0.25) is 15.8 Å². The van der Waals surface area contributed by atoms with E-state index in [2.05, 4.69) is 4.72 Å². The summed E-state index contributed by atoms with van der Waals surface area (Å²) >= 11 is 12.2. The molecular weight excluding hydrogens is 511 g/mol. The van der Waals surface area contributed by atoms with Crippen molar-refractivity contribution in [3.05, 3.63) is 81.1 Å². The molecule has 7 nitrogen and oxygen atoms in total. The molecule has 186 valence electrons. The van der Waals surface area contributed by atoms with Crippen molar-refractivity contribution in [1.29, 1.82) is 0 Å². The van der Waals surface area contributed by atoms with Gasteiger partial charge in [-0.3, -0.25) is 4.79 Å². The Morgan fingerprint density at radius 2 is 1.66 bits per heavy atom. The summed E-state index contributed by atoms with van der Waals surface area (Å²) in [5.74, 6) is -1.27. The van der Waals surface area contributed by atoms with Gasteiger partial charge < -0.3 is 9.30 Å². The van der Waals surface area contributed by atoms with Gasteiger partial charge in [-0.15, -0.1) is 0 Å². The minimum atomic E-state index is -3.99. The fraction of sp³-hybridized carbons (Fsp3) is 0.280. The van der Waals surface area contributed by atoms with Gasteiger partial charge in [0, 0.05) is 29.2 Å². The highest BCUT2D eigenvalue weighted by Crippen LogP contribution is 2.29. The number of aryl methyl sites for hydroxylation is 1. The smallest absolute Gasteiger partial charge is 0.340 e. The maximum Gasteiger partial charge on any atom is 0.340 e. The Labute approximate surface area is 215 Å². The van der Waals surface area contributed by atoms with Crippen LogP contribution in [0.4, 0.5) is 0 Å². The fourth-order valence-electron chi connectivity index (χ4n) is 3.55. The zero-order valence-electron chi connectivity index (χ0n) is 19.8. The normalized spacial score (nSPS) is 11.6. The Bertz CT molecular complexity index is 1370. The van der Waals surface area contributed by atoms with E-state index < -0.39 is 28.4 Å². The van der Waals surface area contributed by atoms with Crippen LogP contribution in [-0.4, -0.2) is 37.9 Å². The Balaban J connectivity index is 1.80. The second-order valence-corrected chi connectivity index (χ2v) is 11.0. The van der Waals surface area contributed by atoms with Gasteiger partial charge in [-0.1, -0.05) is 55.2 Å². The van der Waals surface area contributed by atoms with Crippen LogP contribution in [0.1, 0.15) is 46.0 Å². The van der Waals surface area contributed by atoms with E-state index in [9.17, 15) is 18.0 Å². The average molecular weight is 537 g/mol. The number of ketones is 1. The number of carbonyl (C=O) groups is 2. The molecule has 10 heteroatoms. The predicted octanol–water partition coefficient (Wildman–Crippen LogP) is 5.37. The zero-order chi connectivity index (χ0) is 25.9. The number of benzene rings is 2. The lowest BCUT2D eigenvalue weighted by molar-refractivity contribution is 0.0474. The molecule has 0 bridgehead atoms. The molecule has 2 aromatic carbocycles. The lowest BCUT2D eigenvalue weighted by Gasteiger charge is -2.13. The van der Waals surface area contributed by atoms with Crippen LogP contribution in [0.2, 0.25) is 10.0 Å². The third kappa shape index (κ3) is 6.13. The van der Waals surface area contributed by atoms with Crippen LogP contribution >= 0.6 is 23.2 Å². The molecule has 3 rings (SSSR count). The molecule has 3 aromatic rings. The van der Waals surface area contributed by atoms with E-state index in [0.717, 1.165) is 17.4 Å². The maximum atomic E-state index is 12.9. The molecule has 0 atom stereocenters. The number of nitrogens with one attached hydrogen (secondary N) is 1. The largest absolute Gasteiger partial charge is 0.454 e. The first-order valence-electron chi connectivity index (χ1n) is 10.9. The molecule has 0 saturated carbocycles. The molecule has 35 heavy (non-hydrogen) atoms. The van der Waals surface area contributed by atoms with E-state index in [-0.39, 0.29) is 33.0 Å².